The summed E-state index contributed by atoms with van der Waals surface area (Å²) in [6.45, 7) is 4.90. The number of nitrogens with zero attached hydrogens (tertiary/aromatic N) is 2. The third-order valence-corrected chi connectivity index (χ3v) is 6.11. The summed E-state index contributed by atoms with van der Waals surface area (Å²) in [5.41, 5.74) is 2.10. The summed E-state index contributed by atoms with van der Waals surface area (Å²) in [4.78, 5) is 16.6. The van der Waals surface area contributed by atoms with Crippen LogP contribution < -0.4 is 0 Å². The lowest BCUT2D eigenvalue weighted by atomic mass is 10.1. The van der Waals surface area contributed by atoms with Gasteiger partial charge in [-0.25, -0.2) is 18.6 Å². The Morgan fingerprint density at radius 3 is 2.73 bits per heavy atom. The third kappa shape index (κ3) is 3.98. The molecule has 0 spiro atoms. The molecule has 1 fully saturated rings. The molecule has 0 N–H and O–H groups in total. The number of aromatic nitrogens is 2. The van der Waals surface area contributed by atoms with E-state index in [1.807, 2.05) is 11.5 Å². The van der Waals surface area contributed by atoms with Crippen molar-refractivity contribution in [3.05, 3.63) is 62.9 Å². The minimum atomic E-state index is -0.613. The Bertz CT molecular complexity index is 1130. The van der Waals surface area contributed by atoms with E-state index in [1.165, 1.54) is 6.07 Å². The maximum Gasteiger partial charge on any atom is 0.338 e. The van der Waals surface area contributed by atoms with Gasteiger partial charge >= 0.3 is 5.97 Å². The van der Waals surface area contributed by atoms with Gasteiger partial charge in [-0.05, 0) is 49.6 Å². The third-order valence-electron chi connectivity index (χ3n) is 5.25. The molecule has 0 radical (unpaired) electrons. The summed E-state index contributed by atoms with van der Waals surface area (Å²) in [7, 11) is 0. The van der Waals surface area contributed by atoms with Crippen molar-refractivity contribution in [2.24, 2.45) is 0 Å². The Morgan fingerprint density at radius 1 is 1.30 bits per heavy atom. The fraction of sp³-hybridized carbons (Fsp3) is 0.364. The van der Waals surface area contributed by atoms with E-state index >= 15 is 0 Å². The zero-order chi connectivity index (χ0) is 21.4. The van der Waals surface area contributed by atoms with Crippen molar-refractivity contribution in [2.75, 3.05) is 13.2 Å². The molecule has 1 atom stereocenters. The molecule has 0 unspecified atom stereocenters. The lowest BCUT2D eigenvalue weighted by Gasteiger charge is -2.27. The molecule has 1 aromatic heterocycles. The molecule has 3 aromatic rings. The molecule has 0 amide bonds. The van der Waals surface area contributed by atoms with Gasteiger partial charge in [-0.3, -0.25) is 0 Å². The zero-order valence-corrected chi connectivity index (χ0v) is 18.3. The normalized spacial score (nSPS) is 16.0. The molecule has 4 rings (SSSR count). The van der Waals surface area contributed by atoms with E-state index in [9.17, 15) is 13.6 Å². The molecule has 5 nitrogen and oxygen atoms in total. The second-order valence-electron chi connectivity index (χ2n) is 7.34. The Hall–Kier alpha value is -2.32. The van der Waals surface area contributed by atoms with Crippen molar-refractivity contribution in [3.63, 3.8) is 0 Å². The Kier molecular flexibility index (Phi) is 5.88. The van der Waals surface area contributed by atoms with Crippen LogP contribution in [0.3, 0.4) is 0 Å². The molecular formula is C22H21BrF2N2O3. The molecule has 1 saturated heterocycles. The molecule has 8 heteroatoms. The first-order valence-corrected chi connectivity index (χ1v) is 10.6. The van der Waals surface area contributed by atoms with Gasteiger partial charge in [0.25, 0.3) is 0 Å². The van der Waals surface area contributed by atoms with Crippen LogP contribution in [0.15, 0.2) is 28.7 Å². The number of carbonyl (C=O) groups is 1. The molecule has 0 saturated carbocycles. The van der Waals surface area contributed by atoms with E-state index in [-0.39, 0.29) is 36.0 Å². The number of hydrogen-bond acceptors (Lipinski definition) is 4. The average Bonchev–Trinajstić information content (AvgIpc) is 3.00. The Balaban J connectivity index is 1.81. The van der Waals surface area contributed by atoms with Crippen LogP contribution in [0.4, 0.5) is 8.78 Å². The lowest BCUT2D eigenvalue weighted by Crippen LogP contribution is -2.31. The highest BCUT2D eigenvalue weighted by Gasteiger charge is 2.24. The smallest absolute Gasteiger partial charge is 0.338 e. The van der Waals surface area contributed by atoms with Crippen LogP contribution in [-0.2, 0) is 22.4 Å². The van der Waals surface area contributed by atoms with Crippen molar-refractivity contribution < 1.29 is 23.0 Å². The second-order valence-corrected chi connectivity index (χ2v) is 8.19. The number of rotatable bonds is 6. The van der Waals surface area contributed by atoms with Crippen molar-refractivity contribution in [1.82, 2.24) is 9.55 Å². The number of esters is 1. The quantitative estimate of drug-likeness (QED) is 0.470. The predicted octanol–water partition coefficient (Wildman–Crippen LogP) is 4.94. The van der Waals surface area contributed by atoms with E-state index in [4.69, 9.17) is 9.47 Å². The van der Waals surface area contributed by atoms with Crippen molar-refractivity contribution in [3.8, 4) is 0 Å². The van der Waals surface area contributed by atoms with Gasteiger partial charge in [-0.1, -0.05) is 22.0 Å². The summed E-state index contributed by atoms with van der Waals surface area (Å²) in [6, 6.07) is 5.88. The number of fused-ring (bicyclic) bond motifs is 1. The largest absolute Gasteiger partial charge is 0.462 e. The summed E-state index contributed by atoms with van der Waals surface area (Å²) in [5, 5.41) is 0. The van der Waals surface area contributed by atoms with Crippen LogP contribution in [0.5, 0.6) is 0 Å². The van der Waals surface area contributed by atoms with E-state index in [1.54, 1.807) is 19.1 Å². The number of benzene rings is 2. The van der Waals surface area contributed by atoms with Crippen molar-refractivity contribution in [2.45, 2.75) is 39.3 Å². The van der Waals surface area contributed by atoms with Crippen LogP contribution in [0.2, 0.25) is 0 Å². The summed E-state index contributed by atoms with van der Waals surface area (Å²) in [6.07, 6.45) is 1.05. The highest BCUT2D eigenvalue weighted by molar-refractivity contribution is 9.10. The summed E-state index contributed by atoms with van der Waals surface area (Å²) in [5.74, 6) is -1.06. The van der Waals surface area contributed by atoms with Gasteiger partial charge in [0, 0.05) is 17.5 Å². The van der Waals surface area contributed by atoms with Gasteiger partial charge in [0.15, 0.2) is 5.82 Å². The molecule has 158 valence electrons. The first-order chi connectivity index (χ1) is 14.4. The summed E-state index contributed by atoms with van der Waals surface area (Å²) >= 11 is 3.33. The van der Waals surface area contributed by atoms with Gasteiger partial charge < -0.3 is 14.0 Å². The monoisotopic (exact) mass is 478 g/mol. The van der Waals surface area contributed by atoms with Gasteiger partial charge in [0.2, 0.25) is 0 Å². The second kappa shape index (κ2) is 8.43. The minimum Gasteiger partial charge on any atom is -0.462 e. The van der Waals surface area contributed by atoms with Crippen LogP contribution >= 0.6 is 15.9 Å². The first kappa shape index (κ1) is 20.9. The van der Waals surface area contributed by atoms with E-state index < -0.39 is 11.8 Å². The minimum absolute atomic E-state index is 0.0213. The standard InChI is InChI=1S/C22H21BrF2N2O3/c1-3-29-22(28)14-7-18(25)21-19(8-14)27(11-15-4-5-30-15)20(26-21)9-13-6-12(2)16(23)10-17(13)24/h6-8,10,15H,3-5,9,11H2,1-2H3/t15-/m0/s1. The molecule has 1 aliphatic rings. The van der Waals surface area contributed by atoms with Gasteiger partial charge in [-0.15, -0.1) is 0 Å². The first-order valence-electron chi connectivity index (χ1n) is 9.79. The predicted molar refractivity (Wildman–Crippen MR) is 112 cm³/mol. The van der Waals surface area contributed by atoms with Crippen LogP contribution in [-0.4, -0.2) is 34.8 Å². The SMILES string of the molecule is CCOC(=O)c1cc(F)c2nc(Cc3cc(C)c(Br)cc3F)n(C[C@@H]3CCO3)c2c1. The zero-order valence-electron chi connectivity index (χ0n) is 16.7. The fourth-order valence-electron chi connectivity index (χ4n) is 3.56. The van der Waals surface area contributed by atoms with Gasteiger partial charge in [-0.2, -0.15) is 0 Å². The van der Waals surface area contributed by atoms with Crippen LogP contribution in [0.1, 0.15) is 40.7 Å². The van der Waals surface area contributed by atoms with E-state index in [0.717, 1.165) is 18.1 Å². The molecule has 0 aliphatic carbocycles. The topological polar surface area (TPSA) is 53.3 Å². The maximum absolute atomic E-state index is 14.8. The number of aryl methyl sites for hydroxylation is 1. The lowest BCUT2D eigenvalue weighted by molar-refractivity contribution is -0.0589. The number of imidazole rings is 1. The van der Waals surface area contributed by atoms with Gasteiger partial charge in [0.05, 0.1) is 30.3 Å². The Labute approximate surface area is 181 Å². The molecule has 0 bridgehead atoms. The Morgan fingerprint density at radius 2 is 2.07 bits per heavy atom. The van der Waals surface area contributed by atoms with E-state index in [2.05, 4.69) is 20.9 Å². The molecular weight excluding hydrogens is 458 g/mol. The highest BCUT2D eigenvalue weighted by Crippen LogP contribution is 2.28. The number of halogens is 3. The number of ether oxygens (including phenoxy) is 2. The molecule has 2 heterocycles. The molecule has 1 aliphatic heterocycles. The number of carbonyl (C=O) groups excluding carboxylic acids is 1. The van der Waals surface area contributed by atoms with Crippen LogP contribution in [0.25, 0.3) is 11.0 Å². The highest BCUT2D eigenvalue weighted by atomic mass is 79.9. The van der Waals surface area contributed by atoms with Crippen molar-refractivity contribution in [1.29, 1.82) is 0 Å². The number of hydrogen-bond donors (Lipinski definition) is 0. The average molecular weight is 479 g/mol. The summed E-state index contributed by atoms with van der Waals surface area (Å²) < 4.78 is 42.4. The van der Waals surface area contributed by atoms with Gasteiger partial charge in [0.1, 0.15) is 17.2 Å². The molecule has 2 aromatic carbocycles. The van der Waals surface area contributed by atoms with E-state index in [0.29, 0.717) is 34.5 Å². The van der Waals surface area contributed by atoms with Crippen LogP contribution in [0, 0.1) is 18.6 Å². The maximum atomic E-state index is 14.8. The molecule has 30 heavy (non-hydrogen) atoms. The fourth-order valence-corrected chi connectivity index (χ4v) is 3.87. The van der Waals surface area contributed by atoms with Crippen molar-refractivity contribution >= 4 is 32.9 Å².